The maximum Gasteiger partial charge on any atom is 0.223 e. The molecule has 4 nitrogen and oxygen atoms in total. The molecule has 0 aliphatic carbocycles. The third kappa shape index (κ3) is 4.45. The lowest BCUT2D eigenvalue weighted by molar-refractivity contribution is -0.142. The van der Waals surface area contributed by atoms with Gasteiger partial charge in [0.2, 0.25) is 5.91 Å². The second kappa shape index (κ2) is 5.64. The minimum absolute atomic E-state index is 0.00333. The van der Waals surface area contributed by atoms with E-state index in [0.717, 1.165) is 25.8 Å². The predicted molar refractivity (Wildman–Crippen MR) is 84.3 cm³/mol. The van der Waals surface area contributed by atoms with E-state index in [0.29, 0.717) is 6.42 Å². The zero-order chi connectivity index (χ0) is 15.8. The molecule has 4 N–H and O–H groups in total. The van der Waals surface area contributed by atoms with Crippen molar-refractivity contribution in [2.75, 3.05) is 6.54 Å². The van der Waals surface area contributed by atoms with E-state index < -0.39 is 5.54 Å². The van der Waals surface area contributed by atoms with Gasteiger partial charge in [0.05, 0.1) is 6.04 Å². The van der Waals surface area contributed by atoms with Crippen LogP contribution in [0.4, 0.5) is 0 Å². The Hall–Kier alpha value is -0.610. The Balaban J connectivity index is 2.91. The molecule has 0 spiro atoms. The van der Waals surface area contributed by atoms with Crippen molar-refractivity contribution in [1.82, 2.24) is 4.90 Å². The Bertz CT molecular complexity index is 354. The Morgan fingerprint density at radius 1 is 1.30 bits per heavy atom. The van der Waals surface area contributed by atoms with Crippen LogP contribution in [0.1, 0.15) is 67.2 Å². The summed E-state index contributed by atoms with van der Waals surface area (Å²) in [6.45, 7) is 13.1. The number of carbonyl (C=O) groups excluding carboxylic acids is 1. The van der Waals surface area contributed by atoms with Crippen LogP contribution in [-0.4, -0.2) is 34.5 Å². The lowest BCUT2D eigenvalue weighted by Crippen LogP contribution is -2.61. The molecule has 0 radical (unpaired) electrons. The fourth-order valence-electron chi connectivity index (χ4n) is 2.97. The van der Waals surface area contributed by atoms with Gasteiger partial charge in [-0.2, -0.15) is 0 Å². The SMILES string of the molecule is CCC1(C)CCN(C(CC(C)(C)N)C(C)(C)N)C(=O)C1. The highest BCUT2D eigenvalue weighted by Gasteiger charge is 2.41. The Morgan fingerprint density at radius 3 is 2.20 bits per heavy atom. The van der Waals surface area contributed by atoms with Gasteiger partial charge >= 0.3 is 0 Å². The number of nitrogens with two attached hydrogens (primary N) is 2. The fourth-order valence-corrected chi connectivity index (χ4v) is 2.97. The lowest BCUT2D eigenvalue weighted by Gasteiger charge is -2.47. The molecule has 1 aliphatic rings. The van der Waals surface area contributed by atoms with Crippen LogP contribution in [0.25, 0.3) is 0 Å². The molecule has 118 valence electrons. The Morgan fingerprint density at radius 2 is 1.85 bits per heavy atom. The zero-order valence-corrected chi connectivity index (χ0v) is 14.1. The molecule has 1 heterocycles. The molecule has 1 aliphatic heterocycles. The van der Waals surface area contributed by atoms with Crippen molar-refractivity contribution in [3.05, 3.63) is 0 Å². The van der Waals surface area contributed by atoms with Gasteiger partial charge in [0, 0.05) is 24.0 Å². The predicted octanol–water partition coefficient (Wildman–Crippen LogP) is 2.26. The Labute approximate surface area is 124 Å². The summed E-state index contributed by atoms with van der Waals surface area (Å²) in [6.07, 6.45) is 3.45. The number of hydrogen-bond donors (Lipinski definition) is 2. The average Bonchev–Trinajstić information content (AvgIpc) is 2.24. The summed E-state index contributed by atoms with van der Waals surface area (Å²) in [5.74, 6) is 0.230. The normalized spacial score (nSPS) is 26.8. The van der Waals surface area contributed by atoms with E-state index in [1.807, 2.05) is 32.6 Å². The van der Waals surface area contributed by atoms with Gasteiger partial charge in [-0.05, 0) is 46.0 Å². The van der Waals surface area contributed by atoms with Crippen LogP contribution in [-0.2, 0) is 4.79 Å². The topological polar surface area (TPSA) is 72.3 Å². The van der Waals surface area contributed by atoms with E-state index in [9.17, 15) is 4.79 Å². The minimum Gasteiger partial charge on any atom is -0.338 e. The number of nitrogens with zero attached hydrogens (tertiary/aromatic N) is 1. The first-order valence-electron chi connectivity index (χ1n) is 7.75. The molecule has 0 aromatic carbocycles. The molecule has 4 heteroatoms. The maximum absolute atomic E-state index is 12.6. The molecule has 20 heavy (non-hydrogen) atoms. The molecule has 0 aromatic heterocycles. The third-order valence-corrected chi connectivity index (χ3v) is 4.66. The monoisotopic (exact) mass is 283 g/mol. The summed E-state index contributed by atoms with van der Waals surface area (Å²) < 4.78 is 0. The van der Waals surface area contributed by atoms with Crippen LogP contribution < -0.4 is 11.5 Å². The lowest BCUT2D eigenvalue weighted by atomic mass is 9.75. The van der Waals surface area contributed by atoms with Crippen LogP contribution in [0.5, 0.6) is 0 Å². The van der Waals surface area contributed by atoms with Gasteiger partial charge in [-0.1, -0.05) is 20.3 Å². The average molecular weight is 283 g/mol. The highest BCUT2D eigenvalue weighted by molar-refractivity contribution is 5.78. The van der Waals surface area contributed by atoms with Gasteiger partial charge in [-0.3, -0.25) is 4.79 Å². The van der Waals surface area contributed by atoms with E-state index in [1.54, 1.807) is 0 Å². The summed E-state index contributed by atoms with van der Waals surface area (Å²) >= 11 is 0. The minimum atomic E-state index is -0.438. The van der Waals surface area contributed by atoms with E-state index in [2.05, 4.69) is 13.8 Å². The number of hydrogen-bond acceptors (Lipinski definition) is 3. The molecule has 0 saturated carbocycles. The van der Waals surface area contributed by atoms with Gasteiger partial charge < -0.3 is 16.4 Å². The molecular formula is C16H33N3O. The zero-order valence-electron chi connectivity index (χ0n) is 14.1. The summed E-state index contributed by atoms with van der Waals surface area (Å²) in [4.78, 5) is 14.6. The molecule has 1 saturated heterocycles. The molecule has 0 bridgehead atoms. The summed E-state index contributed by atoms with van der Waals surface area (Å²) in [7, 11) is 0. The van der Waals surface area contributed by atoms with Gasteiger partial charge in [-0.25, -0.2) is 0 Å². The largest absolute Gasteiger partial charge is 0.338 e. The van der Waals surface area contributed by atoms with Crippen molar-refractivity contribution in [1.29, 1.82) is 0 Å². The van der Waals surface area contributed by atoms with E-state index in [-0.39, 0.29) is 22.9 Å². The highest BCUT2D eigenvalue weighted by Crippen LogP contribution is 2.37. The summed E-state index contributed by atoms with van der Waals surface area (Å²) in [5.41, 5.74) is 11.9. The van der Waals surface area contributed by atoms with E-state index in [4.69, 9.17) is 11.5 Å². The van der Waals surface area contributed by atoms with Crippen LogP contribution in [0.3, 0.4) is 0 Å². The first kappa shape index (κ1) is 17.4. The third-order valence-electron chi connectivity index (χ3n) is 4.66. The summed E-state index contributed by atoms with van der Waals surface area (Å²) in [6, 6.07) is -0.00333. The number of carbonyl (C=O) groups is 1. The molecule has 1 rings (SSSR count). The maximum atomic E-state index is 12.6. The quantitative estimate of drug-likeness (QED) is 0.813. The first-order chi connectivity index (χ1) is 8.88. The second-order valence-corrected chi connectivity index (χ2v) is 8.21. The van der Waals surface area contributed by atoms with Gasteiger partial charge in [0.1, 0.15) is 0 Å². The van der Waals surface area contributed by atoms with Crippen LogP contribution in [0.2, 0.25) is 0 Å². The van der Waals surface area contributed by atoms with Gasteiger partial charge in [0.25, 0.3) is 0 Å². The second-order valence-electron chi connectivity index (χ2n) is 8.21. The molecule has 1 amide bonds. The van der Waals surface area contributed by atoms with Crippen LogP contribution in [0.15, 0.2) is 0 Å². The van der Waals surface area contributed by atoms with Crippen molar-refractivity contribution >= 4 is 5.91 Å². The molecular weight excluding hydrogens is 250 g/mol. The van der Waals surface area contributed by atoms with Gasteiger partial charge in [0.15, 0.2) is 0 Å². The number of rotatable bonds is 5. The molecule has 2 unspecified atom stereocenters. The van der Waals surface area contributed by atoms with Crippen molar-refractivity contribution in [2.45, 2.75) is 84.3 Å². The molecule has 1 fully saturated rings. The van der Waals surface area contributed by atoms with Crippen molar-refractivity contribution in [2.24, 2.45) is 16.9 Å². The highest BCUT2D eigenvalue weighted by atomic mass is 16.2. The summed E-state index contributed by atoms with van der Waals surface area (Å²) in [5, 5.41) is 0. The standard InChI is InChI=1S/C16H33N3O/c1-7-16(6)8-9-19(13(20)11-16)12(15(4,5)18)10-14(2,3)17/h12H,7-11,17-18H2,1-6H3. The van der Waals surface area contributed by atoms with E-state index >= 15 is 0 Å². The van der Waals surface area contributed by atoms with Gasteiger partial charge in [-0.15, -0.1) is 0 Å². The first-order valence-corrected chi connectivity index (χ1v) is 7.75. The molecule has 2 atom stereocenters. The fraction of sp³-hybridized carbons (Fsp3) is 0.938. The number of amides is 1. The molecule has 0 aromatic rings. The van der Waals surface area contributed by atoms with Crippen LogP contribution in [0, 0.1) is 5.41 Å². The number of piperidine rings is 1. The number of likely N-dealkylation sites (tertiary alicyclic amines) is 1. The van der Waals surface area contributed by atoms with Crippen LogP contribution >= 0.6 is 0 Å². The van der Waals surface area contributed by atoms with Crippen molar-refractivity contribution < 1.29 is 4.79 Å². The Kier molecular flexibility index (Phi) is 4.92. The van der Waals surface area contributed by atoms with Crippen molar-refractivity contribution in [3.63, 3.8) is 0 Å². The van der Waals surface area contributed by atoms with E-state index in [1.165, 1.54) is 0 Å². The van der Waals surface area contributed by atoms with Crippen molar-refractivity contribution in [3.8, 4) is 0 Å². The smallest absolute Gasteiger partial charge is 0.223 e.